The van der Waals surface area contributed by atoms with Crippen molar-refractivity contribution in [1.82, 2.24) is 4.90 Å². The molecule has 1 unspecified atom stereocenters. The maximum atomic E-state index is 10.7. The van der Waals surface area contributed by atoms with E-state index < -0.39 is 5.97 Å². The van der Waals surface area contributed by atoms with Crippen LogP contribution in [0.4, 0.5) is 0 Å². The molecule has 0 aliphatic carbocycles. The summed E-state index contributed by atoms with van der Waals surface area (Å²) < 4.78 is 0. The molecule has 0 heterocycles. The number of hydrogen-bond donors (Lipinski definition) is 1. The van der Waals surface area contributed by atoms with Crippen LogP contribution in [0.5, 0.6) is 0 Å². The molecule has 0 amide bonds. The van der Waals surface area contributed by atoms with Gasteiger partial charge in [-0.2, -0.15) is 5.26 Å². The molecule has 19 heavy (non-hydrogen) atoms. The molecule has 0 fully saturated rings. The number of carboxylic acid groups (broad SMARTS) is 1. The summed E-state index contributed by atoms with van der Waals surface area (Å²) in [6.07, 6.45) is 0.0989. The van der Waals surface area contributed by atoms with E-state index >= 15 is 0 Å². The highest BCUT2D eigenvalue weighted by atomic mass is 35.5. The standard InChI is InChI=1S/C14H17ClN2O2/c1-3-17(10(2)6-14(18)19)9-12-5-4-11(8-16)7-13(12)15/h4-5,7,10H,3,6,9H2,1-2H3,(H,18,19). The quantitative estimate of drug-likeness (QED) is 0.870. The van der Waals surface area contributed by atoms with E-state index in [-0.39, 0.29) is 12.5 Å². The Labute approximate surface area is 118 Å². The van der Waals surface area contributed by atoms with Crippen LogP contribution in [0.1, 0.15) is 31.4 Å². The highest BCUT2D eigenvalue weighted by molar-refractivity contribution is 6.31. The maximum Gasteiger partial charge on any atom is 0.304 e. The lowest BCUT2D eigenvalue weighted by molar-refractivity contribution is -0.138. The van der Waals surface area contributed by atoms with Crippen molar-refractivity contribution in [2.75, 3.05) is 6.54 Å². The van der Waals surface area contributed by atoms with E-state index in [1.54, 1.807) is 12.1 Å². The highest BCUT2D eigenvalue weighted by Crippen LogP contribution is 2.20. The first-order valence-corrected chi connectivity index (χ1v) is 6.50. The van der Waals surface area contributed by atoms with Gasteiger partial charge in [0.05, 0.1) is 18.1 Å². The van der Waals surface area contributed by atoms with Gasteiger partial charge in [0.1, 0.15) is 0 Å². The van der Waals surface area contributed by atoms with E-state index in [0.29, 0.717) is 17.1 Å². The first-order chi connectivity index (χ1) is 8.97. The molecule has 5 heteroatoms. The summed E-state index contributed by atoms with van der Waals surface area (Å²) >= 11 is 6.13. The van der Waals surface area contributed by atoms with Gasteiger partial charge < -0.3 is 5.11 Å². The molecule has 0 aliphatic rings. The Morgan fingerprint density at radius 3 is 2.74 bits per heavy atom. The van der Waals surface area contributed by atoms with Gasteiger partial charge >= 0.3 is 5.97 Å². The van der Waals surface area contributed by atoms with Gasteiger partial charge in [0.15, 0.2) is 0 Å². The second-order valence-corrected chi connectivity index (χ2v) is 4.84. The summed E-state index contributed by atoms with van der Waals surface area (Å²) in [6.45, 7) is 5.19. The van der Waals surface area contributed by atoms with Crippen molar-refractivity contribution in [2.45, 2.75) is 32.9 Å². The average molecular weight is 281 g/mol. The molecule has 102 valence electrons. The van der Waals surface area contributed by atoms with Crippen molar-refractivity contribution in [1.29, 1.82) is 5.26 Å². The van der Waals surface area contributed by atoms with Crippen LogP contribution in [0.15, 0.2) is 18.2 Å². The first kappa shape index (κ1) is 15.5. The van der Waals surface area contributed by atoms with E-state index in [2.05, 4.69) is 0 Å². The average Bonchev–Trinajstić information content (AvgIpc) is 2.36. The predicted octanol–water partition coefficient (Wildman–Crippen LogP) is 2.90. The summed E-state index contributed by atoms with van der Waals surface area (Å²) in [6, 6.07) is 7.14. The minimum absolute atomic E-state index is 0.0609. The monoisotopic (exact) mass is 280 g/mol. The molecule has 4 nitrogen and oxygen atoms in total. The SMILES string of the molecule is CCN(Cc1ccc(C#N)cc1Cl)C(C)CC(=O)O. The molecule has 0 aliphatic heterocycles. The Morgan fingerprint density at radius 1 is 1.58 bits per heavy atom. The zero-order valence-electron chi connectivity index (χ0n) is 11.1. The van der Waals surface area contributed by atoms with E-state index in [1.807, 2.05) is 30.9 Å². The first-order valence-electron chi connectivity index (χ1n) is 6.12. The third-order valence-corrected chi connectivity index (χ3v) is 3.41. The number of halogens is 1. The molecule has 1 N–H and O–H groups in total. The Kier molecular flexibility index (Phi) is 5.81. The van der Waals surface area contributed by atoms with Crippen molar-refractivity contribution < 1.29 is 9.90 Å². The molecule has 1 aromatic rings. The van der Waals surface area contributed by atoms with E-state index in [9.17, 15) is 4.79 Å². The number of aliphatic carboxylic acids is 1. The molecular formula is C14H17ClN2O2. The van der Waals surface area contributed by atoms with Crippen molar-refractivity contribution in [3.63, 3.8) is 0 Å². The van der Waals surface area contributed by atoms with Crippen LogP contribution >= 0.6 is 11.6 Å². The van der Waals surface area contributed by atoms with Gasteiger partial charge in [-0.25, -0.2) is 0 Å². The minimum Gasteiger partial charge on any atom is -0.481 e. The van der Waals surface area contributed by atoms with Crippen LogP contribution in [0, 0.1) is 11.3 Å². The zero-order valence-corrected chi connectivity index (χ0v) is 11.8. The van der Waals surface area contributed by atoms with Crippen LogP contribution in [0.3, 0.4) is 0 Å². The fraction of sp³-hybridized carbons (Fsp3) is 0.429. The molecule has 0 aromatic heterocycles. The number of benzene rings is 1. The Morgan fingerprint density at radius 2 is 2.26 bits per heavy atom. The van der Waals surface area contributed by atoms with Crippen LogP contribution in [-0.2, 0) is 11.3 Å². The summed E-state index contributed by atoms with van der Waals surface area (Å²) in [5.74, 6) is -0.808. The van der Waals surface area contributed by atoms with E-state index in [4.69, 9.17) is 22.0 Å². The molecule has 1 rings (SSSR count). The number of carboxylic acids is 1. The molecule has 0 saturated carbocycles. The predicted molar refractivity (Wildman–Crippen MR) is 74.0 cm³/mol. The largest absolute Gasteiger partial charge is 0.481 e. The lowest BCUT2D eigenvalue weighted by Gasteiger charge is -2.27. The lowest BCUT2D eigenvalue weighted by atomic mass is 10.1. The van der Waals surface area contributed by atoms with Crippen molar-refractivity contribution in [2.24, 2.45) is 0 Å². The topological polar surface area (TPSA) is 64.3 Å². The molecule has 0 saturated heterocycles. The lowest BCUT2D eigenvalue weighted by Crippen LogP contribution is -2.34. The number of rotatable bonds is 6. The van der Waals surface area contributed by atoms with Crippen LogP contribution in [-0.4, -0.2) is 28.6 Å². The zero-order chi connectivity index (χ0) is 14.4. The van der Waals surface area contributed by atoms with E-state index in [1.165, 1.54) is 0 Å². The van der Waals surface area contributed by atoms with Crippen LogP contribution < -0.4 is 0 Å². The summed E-state index contributed by atoms with van der Waals surface area (Å²) in [4.78, 5) is 12.8. The van der Waals surface area contributed by atoms with Gasteiger partial charge in [-0.05, 0) is 31.2 Å². The van der Waals surface area contributed by atoms with Gasteiger partial charge in [0.25, 0.3) is 0 Å². The smallest absolute Gasteiger partial charge is 0.304 e. The number of nitrogens with zero attached hydrogens (tertiary/aromatic N) is 2. The van der Waals surface area contributed by atoms with Crippen LogP contribution in [0.25, 0.3) is 0 Å². The molecule has 0 spiro atoms. The van der Waals surface area contributed by atoms with E-state index in [0.717, 1.165) is 12.1 Å². The van der Waals surface area contributed by atoms with Crippen molar-refractivity contribution in [3.05, 3.63) is 34.3 Å². The van der Waals surface area contributed by atoms with Crippen molar-refractivity contribution >= 4 is 17.6 Å². The molecule has 1 atom stereocenters. The van der Waals surface area contributed by atoms with Gasteiger partial charge in [0.2, 0.25) is 0 Å². The normalized spacial score (nSPS) is 12.2. The number of carbonyl (C=O) groups is 1. The second-order valence-electron chi connectivity index (χ2n) is 4.43. The van der Waals surface area contributed by atoms with Gasteiger partial charge in [-0.3, -0.25) is 9.69 Å². The Bertz CT molecular complexity index is 497. The number of nitriles is 1. The van der Waals surface area contributed by atoms with Gasteiger partial charge in [-0.15, -0.1) is 0 Å². The van der Waals surface area contributed by atoms with Crippen molar-refractivity contribution in [3.8, 4) is 6.07 Å². The maximum absolute atomic E-state index is 10.7. The number of hydrogen-bond acceptors (Lipinski definition) is 3. The third kappa shape index (κ3) is 4.55. The molecular weight excluding hydrogens is 264 g/mol. The molecule has 1 aromatic carbocycles. The minimum atomic E-state index is -0.808. The molecule has 0 radical (unpaired) electrons. The fourth-order valence-electron chi connectivity index (χ4n) is 1.93. The molecule has 0 bridgehead atoms. The summed E-state index contributed by atoms with van der Waals surface area (Å²) in [7, 11) is 0. The van der Waals surface area contributed by atoms with Gasteiger partial charge in [0, 0.05) is 17.6 Å². The Hall–Kier alpha value is -1.57. The van der Waals surface area contributed by atoms with Crippen LogP contribution in [0.2, 0.25) is 5.02 Å². The van der Waals surface area contributed by atoms with Gasteiger partial charge in [-0.1, -0.05) is 24.6 Å². The third-order valence-electron chi connectivity index (χ3n) is 3.06. The summed E-state index contributed by atoms with van der Waals surface area (Å²) in [5, 5.41) is 18.2. The highest BCUT2D eigenvalue weighted by Gasteiger charge is 2.16. The summed E-state index contributed by atoms with van der Waals surface area (Å²) in [5.41, 5.74) is 1.43. The Balaban J connectivity index is 2.81. The second kappa shape index (κ2) is 7.13. The fourth-order valence-corrected chi connectivity index (χ4v) is 2.17.